The molecule has 2 rings (SSSR count). The van der Waals surface area contributed by atoms with Crippen LogP contribution in [0.25, 0.3) is 0 Å². The van der Waals surface area contributed by atoms with Crippen LogP contribution in [0.2, 0.25) is 0 Å². The van der Waals surface area contributed by atoms with Gasteiger partial charge in [0.1, 0.15) is 0 Å². The number of carbonyl (C=O) groups excluding carboxylic acids is 2. The lowest BCUT2D eigenvalue weighted by Gasteiger charge is -2.32. The molecule has 33 heavy (non-hydrogen) atoms. The van der Waals surface area contributed by atoms with Gasteiger partial charge in [-0.25, -0.2) is 4.79 Å². The largest absolute Gasteiger partial charge is 0.462 e. The number of allylic oxidation sites excluding steroid dienone is 9. The summed E-state index contributed by atoms with van der Waals surface area (Å²) in [5.74, 6) is -0.590. The highest BCUT2D eigenvalue weighted by Crippen LogP contribution is 2.40. The van der Waals surface area contributed by atoms with Gasteiger partial charge in [-0.1, -0.05) is 55.4 Å². The van der Waals surface area contributed by atoms with Gasteiger partial charge in [0.05, 0.1) is 12.2 Å². The van der Waals surface area contributed by atoms with Crippen LogP contribution in [-0.2, 0) is 9.53 Å². The molecule has 1 aromatic rings. The van der Waals surface area contributed by atoms with E-state index in [0.29, 0.717) is 17.9 Å². The van der Waals surface area contributed by atoms with Gasteiger partial charge in [-0.15, -0.1) is 0 Å². The summed E-state index contributed by atoms with van der Waals surface area (Å²) in [4.78, 5) is 24.0. The topological polar surface area (TPSA) is 55.4 Å². The van der Waals surface area contributed by atoms with E-state index >= 15 is 0 Å². The molecule has 0 radical (unpaired) electrons. The third-order valence-electron chi connectivity index (χ3n) is 5.80. The second-order valence-corrected chi connectivity index (χ2v) is 9.21. The monoisotopic (exact) mass is 447 g/mol. The van der Waals surface area contributed by atoms with Gasteiger partial charge in [-0.3, -0.25) is 4.79 Å². The number of anilines is 1. The third kappa shape index (κ3) is 8.38. The Morgan fingerprint density at radius 3 is 2.42 bits per heavy atom. The van der Waals surface area contributed by atoms with Crippen LogP contribution in [0.5, 0.6) is 0 Å². The van der Waals surface area contributed by atoms with Gasteiger partial charge < -0.3 is 10.1 Å². The van der Waals surface area contributed by atoms with E-state index < -0.39 is 0 Å². The highest BCUT2D eigenvalue weighted by atomic mass is 16.5. The Kier molecular flexibility index (Phi) is 9.65. The third-order valence-corrected chi connectivity index (χ3v) is 5.80. The zero-order valence-electron chi connectivity index (χ0n) is 20.8. The lowest BCUT2D eigenvalue weighted by molar-refractivity contribution is -0.111. The van der Waals surface area contributed by atoms with Crippen LogP contribution >= 0.6 is 0 Å². The molecule has 0 fully saturated rings. The molecule has 1 aromatic carbocycles. The Labute approximate surface area is 198 Å². The Hall–Kier alpha value is -3.14. The molecule has 0 saturated carbocycles. The minimum Gasteiger partial charge on any atom is -0.462 e. The number of esters is 1. The van der Waals surface area contributed by atoms with E-state index in [1.807, 2.05) is 25.2 Å². The second-order valence-electron chi connectivity index (χ2n) is 9.21. The van der Waals surface area contributed by atoms with E-state index in [1.165, 1.54) is 30.4 Å². The van der Waals surface area contributed by atoms with Crippen molar-refractivity contribution in [3.63, 3.8) is 0 Å². The molecule has 0 aromatic heterocycles. The van der Waals surface area contributed by atoms with Crippen molar-refractivity contribution in [3.8, 4) is 0 Å². The van der Waals surface area contributed by atoms with E-state index in [9.17, 15) is 9.59 Å². The SMILES string of the molecule is CCOC(=O)c1ccc(NC(=O)/C=C(C)/C=C\C=C(C)/C=C\C2=C(C)CCCC2(C)C)cc1. The van der Waals surface area contributed by atoms with Crippen molar-refractivity contribution in [2.24, 2.45) is 5.41 Å². The van der Waals surface area contributed by atoms with Crippen molar-refractivity contribution >= 4 is 17.6 Å². The van der Waals surface area contributed by atoms with E-state index in [4.69, 9.17) is 4.74 Å². The van der Waals surface area contributed by atoms with Crippen LogP contribution in [0, 0.1) is 5.41 Å². The van der Waals surface area contributed by atoms with Gasteiger partial charge in [0.25, 0.3) is 0 Å². The standard InChI is InChI=1S/C29H37NO3/c1-7-33-28(32)24-14-16-25(17-15-24)30-27(31)20-22(3)11-8-10-21(2)13-18-26-23(4)12-9-19-29(26,5)6/h8,10-11,13-18,20H,7,9,12,19H2,1-6H3,(H,30,31)/b11-8-,18-13-,21-10-,22-20+. The van der Waals surface area contributed by atoms with Crippen molar-refractivity contribution in [1.29, 1.82) is 0 Å². The van der Waals surface area contributed by atoms with Gasteiger partial charge in [0.2, 0.25) is 5.91 Å². The summed E-state index contributed by atoms with van der Waals surface area (Å²) in [6, 6.07) is 6.65. The summed E-state index contributed by atoms with van der Waals surface area (Å²) in [6.07, 6.45) is 15.6. The first kappa shape index (κ1) is 26.1. The molecule has 1 aliphatic carbocycles. The van der Waals surface area contributed by atoms with Gasteiger partial charge in [-0.2, -0.15) is 0 Å². The molecule has 0 saturated heterocycles. The molecule has 1 aliphatic rings. The summed E-state index contributed by atoms with van der Waals surface area (Å²) >= 11 is 0. The number of hydrogen-bond donors (Lipinski definition) is 1. The summed E-state index contributed by atoms with van der Waals surface area (Å²) in [5.41, 5.74) is 6.26. The number of hydrogen-bond acceptors (Lipinski definition) is 3. The van der Waals surface area contributed by atoms with Crippen LogP contribution in [-0.4, -0.2) is 18.5 Å². The van der Waals surface area contributed by atoms with Crippen molar-refractivity contribution in [3.05, 3.63) is 88.6 Å². The van der Waals surface area contributed by atoms with Crippen LogP contribution < -0.4 is 5.32 Å². The summed E-state index contributed by atoms with van der Waals surface area (Å²) in [6.45, 7) is 12.9. The highest BCUT2D eigenvalue weighted by molar-refractivity contribution is 6.00. The van der Waals surface area contributed by atoms with Crippen LogP contribution in [0.15, 0.2) is 83.0 Å². The number of carbonyl (C=O) groups is 2. The molecular weight excluding hydrogens is 410 g/mol. The van der Waals surface area contributed by atoms with E-state index in [2.05, 4.69) is 45.2 Å². The van der Waals surface area contributed by atoms with Crippen molar-refractivity contribution in [2.45, 2.75) is 60.8 Å². The second kappa shape index (κ2) is 12.2. The average Bonchev–Trinajstić information content (AvgIpc) is 2.73. The molecule has 4 heteroatoms. The van der Waals surface area contributed by atoms with Crippen LogP contribution in [0.3, 0.4) is 0 Å². The molecule has 1 N–H and O–H groups in total. The molecule has 176 valence electrons. The Balaban J connectivity index is 1.94. The van der Waals surface area contributed by atoms with Gasteiger partial charge in [-0.05, 0) is 87.8 Å². The van der Waals surface area contributed by atoms with Crippen LogP contribution in [0.1, 0.15) is 71.2 Å². The summed E-state index contributed by atoms with van der Waals surface area (Å²) in [5, 5.41) is 2.81. The maximum Gasteiger partial charge on any atom is 0.338 e. The predicted molar refractivity (Wildman–Crippen MR) is 137 cm³/mol. The fraction of sp³-hybridized carbons (Fsp3) is 0.379. The van der Waals surface area contributed by atoms with E-state index in [1.54, 1.807) is 37.3 Å². The fourth-order valence-corrected chi connectivity index (χ4v) is 3.97. The maximum atomic E-state index is 12.3. The molecular formula is C29H37NO3. The fourth-order valence-electron chi connectivity index (χ4n) is 3.97. The number of nitrogens with one attached hydrogen (secondary N) is 1. The highest BCUT2D eigenvalue weighted by Gasteiger charge is 2.26. The van der Waals surface area contributed by atoms with E-state index in [0.717, 1.165) is 11.1 Å². The smallest absolute Gasteiger partial charge is 0.338 e. The van der Waals surface area contributed by atoms with Crippen LogP contribution in [0.4, 0.5) is 5.69 Å². The Morgan fingerprint density at radius 1 is 1.09 bits per heavy atom. The molecule has 0 spiro atoms. The average molecular weight is 448 g/mol. The first-order valence-electron chi connectivity index (χ1n) is 11.6. The Bertz CT molecular complexity index is 1000. The van der Waals surface area contributed by atoms with Crippen molar-refractivity contribution in [1.82, 2.24) is 0 Å². The first-order valence-corrected chi connectivity index (χ1v) is 11.6. The molecule has 0 aliphatic heterocycles. The number of ether oxygens (including phenoxy) is 1. The van der Waals surface area contributed by atoms with Gasteiger partial charge in [0.15, 0.2) is 0 Å². The lowest BCUT2D eigenvalue weighted by Crippen LogP contribution is -2.19. The molecule has 0 atom stereocenters. The predicted octanol–water partition coefficient (Wildman–Crippen LogP) is 7.33. The van der Waals surface area contributed by atoms with Crippen molar-refractivity contribution < 1.29 is 14.3 Å². The normalized spacial score (nSPS) is 17.0. The number of rotatable bonds is 8. The van der Waals surface area contributed by atoms with Crippen molar-refractivity contribution in [2.75, 3.05) is 11.9 Å². The molecule has 4 nitrogen and oxygen atoms in total. The summed E-state index contributed by atoms with van der Waals surface area (Å²) < 4.78 is 4.96. The zero-order valence-corrected chi connectivity index (χ0v) is 20.8. The van der Waals surface area contributed by atoms with Gasteiger partial charge in [0, 0.05) is 11.8 Å². The minimum atomic E-state index is -0.372. The van der Waals surface area contributed by atoms with E-state index in [-0.39, 0.29) is 17.3 Å². The molecule has 1 amide bonds. The maximum absolute atomic E-state index is 12.3. The number of benzene rings is 1. The molecule has 0 heterocycles. The molecule has 0 unspecified atom stereocenters. The quantitative estimate of drug-likeness (QED) is 0.258. The first-order chi connectivity index (χ1) is 15.6. The lowest BCUT2D eigenvalue weighted by atomic mass is 9.72. The zero-order chi connectivity index (χ0) is 24.4. The Morgan fingerprint density at radius 2 is 1.79 bits per heavy atom. The number of amides is 1. The minimum absolute atomic E-state index is 0.219. The van der Waals surface area contributed by atoms with Gasteiger partial charge >= 0.3 is 5.97 Å². The summed E-state index contributed by atoms with van der Waals surface area (Å²) in [7, 11) is 0. The molecule has 0 bridgehead atoms.